The summed E-state index contributed by atoms with van der Waals surface area (Å²) in [5.41, 5.74) is 0.225. The molecule has 1 aliphatic heterocycles. The quantitative estimate of drug-likeness (QED) is 0.304. The highest BCUT2D eigenvalue weighted by Gasteiger charge is 2.31. The van der Waals surface area contributed by atoms with Crippen molar-refractivity contribution in [3.05, 3.63) is 51.1 Å². The minimum Gasteiger partial charge on any atom is -0.494 e. The molecule has 9 heteroatoms. The molecule has 0 bridgehead atoms. The molecule has 0 atom stereocenters. The highest BCUT2D eigenvalue weighted by molar-refractivity contribution is 8.26. The van der Waals surface area contributed by atoms with Gasteiger partial charge in [-0.2, -0.15) is 0 Å². The van der Waals surface area contributed by atoms with Crippen LogP contribution in [0.25, 0.3) is 17.4 Å². The van der Waals surface area contributed by atoms with E-state index < -0.39 is 4.92 Å². The Morgan fingerprint density at radius 2 is 2.11 bits per heavy atom. The number of likely N-dealkylation sites (N-methyl/N-ethyl adjacent to an activating group) is 1. The second-order valence-corrected chi connectivity index (χ2v) is 7.17. The van der Waals surface area contributed by atoms with Crippen LogP contribution in [0.2, 0.25) is 0 Å². The number of carbonyl (C=O) groups is 1. The Kier molecular flexibility index (Phi) is 5.62. The van der Waals surface area contributed by atoms with Crippen LogP contribution >= 0.6 is 24.0 Å². The third kappa shape index (κ3) is 3.88. The van der Waals surface area contributed by atoms with Gasteiger partial charge in [0.2, 0.25) is 0 Å². The first-order chi connectivity index (χ1) is 12.9. The average Bonchev–Trinajstić information content (AvgIpc) is 3.20. The molecule has 0 radical (unpaired) electrons. The highest BCUT2D eigenvalue weighted by atomic mass is 32.2. The average molecular weight is 404 g/mol. The lowest BCUT2D eigenvalue weighted by atomic mass is 10.1. The van der Waals surface area contributed by atoms with Crippen molar-refractivity contribution in [1.82, 2.24) is 4.90 Å². The molecule has 27 heavy (non-hydrogen) atoms. The topological polar surface area (TPSA) is 85.8 Å². The summed E-state index contributed by atoms with van der Waals surface area (Å²) < 4.78 is 11.6. The summed E-state index contributed by atoms with van der Waals surface area (Å²) >= 11 is 6.39. The molecule has 0 spiro atoms. The number of nitro groups is 1. The molecule has 0 unspecified atom stereocenters. The van der Waals surface area contributed by atoms with Crippen molar-refractivity contribution in [3.63, 3.8) is 0 Å². The number of hydrogen-bond donors (Lipinski definition) is 0. The predicted molar refractivity (Wildman–Crippen MR) is 108 cm³/mol. The van der Waals surface area contributed by atoms with E-state index >= 15 is 0 Å². The number of benzene rings is 1. The Bertz CT molecular complexity index is 951. The fourth-order valence-electron chi connectivity index (χ4n) is 2.60. The number of ether oxygens (including phenoxy) is 1. The van der Waals surface area contributed by atoms with Crippen LogP contribution in [0.1, 0.15) is 19.6 Å². The molecule has 1 aromatic carbocycles. The van der Waals surface area contributed by atoms with Gasteiger partial charge in [0.15, 0.2) is 0 Å². The maximum Gasteiger partial charge on any atom is 0.284 e. The van der Waals surface area contributed by atoms with Crippen LogP contribution in [0.3, 0.4) is 0 Å². The van der Waals surface area contributed by atoms with Crippen molar-refractivity contribution in [2.24, 2.45) is 0 Å². The third-order valence-corrected chi connectivity index (χ3v) is 5.21. The monoisotopic (exact) mass is 404 g/mol. The zero-order valence-corrected chi connectivity index (χ0v) is 16.3. The largest absolute Gasteiger partial charge is 0.494 e. The first kappa shape index (κ1) is 19.1. The number of thioether (sulfide) groups is 1. The molecule has 1 saturated heterocycles. The maximum atomic E-state index is 12.3. The lowest BCUT2D eigenvalue weighted by Gasteiger charge is -2.09. The summed E-state index contributed by atoms with van der Waals surface area (Å²) in [6.45, 7) is 4.57. The molecule has 3 rings (SSSR count). The smallest absolute Gasteiger partial charge is 0.284 e. The first-order valence-electron chi connectivity index (χ1n) is 8.21. The van der Waals surface area contributed by atoms with E-state index in [0.29, 0.717) is 45.2 Å². The Balaban J connectivity index is 1.93. The number of rotatable bonds is 6. The zero-order chi connectivity index (χ0) is 19.6. The van der Waals surface area contributed by atoms with Crippen LogP contribution in [0, 0.1) is 10.1 Å². The molecule has 2 heterocycles. The highest BCUT2D eigenvalue weighted by Crippen LogP contribution is 2.36. The fourth-order valence-corrected chi connectivity index (χ4v) is 3.97. The van der Waals surface area contributed by atoms with Crippen LogP contribution in [-0.4, -0.2) is 33.2 Å². The van der Waals surface area contributed by atoms with E-state index in [-0.39, 0.29) is 11.6 Å². The van der Waals surface area contributed by atoms with E-state index in [9.17, 15) is 14.9 Å². The number of amides is 1. The summed E-state index contributed by atoms with van der Waals surface area (Å²) in [4.78, 5) is 25.2. The van der Waals surface area contributed by atoms with Crippen molar-refractivity contribution >= 4 is 46.0 Å². The van der Waals surface area contributed by atoms with Crippen LogP contribution in [0.15, 0.2) is 39.7 Å². The SMILES string of the molecule is CCOc1ccc(-c2ccc(C=C3SC(=S)N(CC)C3=O)o2)c([N+](=O)[O-])c1. The van der Waals surface area contributed by atoms with Gasteiger partial charge in [0.05, 0.1) is 28.1 Å². The molecule has 1 aliphatic rings. The lowest BCUT2D eigenvalue weighted by molar-refractivity contribution is -0.384. The summed E-state index contributed by atoms with van der Waals surface area (Å²) in [5.74, 6) is 1.01. The zero-order valence-electron chi connectivity index (χ0n) is 14.6. The molecule has 1 fully saturated rings. The molecule has 0 N–H and O–H groups in total. The third-order valence-electron chi connectivity index (χ3n) is 3.83. The van der Waals surface area contributed by atoms with Crippen LogP contribution in [0.4, 0.5) is 5.69 Å². The second-order valence-electron chi connectivity index (χ2n) is 5.50. The van der Waals surface area contributed by atoms with E-state index in [2.05, 4.69) is 0 Å². The molecule has 7 nitrogen and oxygen atoms in total. The van der Waals surface area contributed by atoms with E-state index in [0.717, 1.165) is 0 Å². The minimum atomic E-state index is -0.480. The molecule has 0 saturated carbocycles. The van der Waals surface area contributed by atoms with Crippen molar-refractivity contribution in [2.75, 3.05) is 13.2 Å². The molecular weight excluding hydrogens is 388 g/mol. The summed E-state index contributed by atoms with van der Waals surface area (Å²) in [6, 6.07) is 7.90. The maximum absolute atomic E-state index is 12.3. The standard InChI is InChI=1S/C18H16N2O5S2/c1-3-19-17(21)16(27-18(19)26)10-12-6-8-15(25-12)13-7-5-11(24-4-2)9-14(13)20(22)23/h5-10H,3-4H2,1-2H3. The normalized spacial score (nSPS) is 15.6. The van der Waals surface area contributed by atoms with Crippen molar-refractivity contribution in [1.29, 1.82) is 0 Å². The molecule has 140 valence electrons. The number of nitrogens with zero attached hydrogens (tertiary/aromatic N) is 2. The molecule has 1 amide bonds. The molecule has 2 aromatic rings. The van der Waals surface area contributed by atoms with Gasteiger partial charge in [0.25, 0.3) is 11.6 Å². The molecular formula is C18H16N2O5S2. The molecule has 1 aromatic heterocycles. The van der Waals surface area contributed by atoms with Gasteiger partial charge in [-0.15, -0.1) is 0 Å². The van der Waals surface area contributed by atoms with E-state index in [4.69, 9.17) is 21.4 Å². The predicted octanol–water partition coefficient (Wildman–Crippen LogP) is 4.47. The van der Waals surface area contributed by atoms with Crippen molar-refractivity contribution in [2.45, 2.75) is 13.8 Å². The summed E-state index contributed by atoms with van der Waals surface area (Å²) in [5, 5.41) is 11.4. The van der Waals surface area contributed by atoms with Crippen molar-refractivity contribution < 1.29 is 18.9 Å². The summed E-state index contributed by atoms with van der Waals surface area (Å²) in [6.07, 6.45) is 1.60. The lowest BCUT2D eigenvalue weighted by Crippen LogP contribution is -2.27. The first-order valence-corrected chi connectivity index (χ1v) is 9.43. The number of hydrogen-bond acceptors (Lipinski definition) is 7. The number of carbonyl (C=O) groups excluding carboxylic acids is 1. The van der Waals surface area contributed by atoms with E-state index in [1.807, 2.05) is 6.92 Å². The summed E-state index contributed by atoms with van der Waals surface area (Å²) in [7, 11) is 0. The Morgan fingerprint density at radius 3 is 2.74 bits per heavy atom. The molecule has 0 aliphatic carbocycles. The van der Waals surface area contributed by atoms with Gasteiger partial charge in [0, 0.05) is 12.6 Å². The fraction of sp³-hybridized carbons (Fsp3) is 0.222. The van der Waals surface area contributed by atoms with Gasteiger partial charge >= 0.3 is 0 Å². The van der Waals surface area contributed by atoms with Crippen molar-refractivity contribution in [3.8, 4) is 17.1 Å². The van der Waals surface area contributed by atoms with E-state index in [1.54, 1.807) is 37.3 Å². The van der Waals surface area contributed by atoms with Gasteiger partial charge in [-0.1, -0.05) is 24.0 Å². The van der Waals surface area contributed by atoms with Crippen LogP contribution < -0.4 is 4.74 Å². The van der Waals surface area contributed by atoms with Gasteiger partial charge in [0.1, 0.15) is 21.6 Å². The van der Waals surface area contributed by atoms with Gasteiger partial charge < -0.3 is 9.15 Å². The minimum absolute atomic E-state index is 0.112. The van der Waals surface area contributed by atoms with E-state index in [1.165, 1.54) is 22.7 Å². The number of thiocarbonyl (C=S) groups is 1. The van der Waals surface area contributed by atoms with Gasteiger partial charge in [-0.25, -0.2) is 0 Å². The van der Waals surface area contributed by atoms with Gasteiger partial charge in [-0.05, 0) is 38.1 Å². The van der Waals surface area contributed by atoms with Crippen LogP contribution in [0.5, 0.6) is 5.75 Å². The Labute approximate surface area is 165 Å². The second kappa shape index (κ2) is 7.93. The number of nitro benzene ring substituents is 1. The number of furan rings is 1. The van der Waals surface area contributed by atoms with Gasteiger partial charge in [-0.3, -0.25) is 19.8 Å². The Hall–Kier alpha value is -2.65. The van der Waals surface area contributed by atoms with Crippen LogP contribution in [-0.2, 0) is 4.79 Å². The Morgan fingerprint density at radius 1 is 1.33 bits per heavy atom.